The molecule has 3 aromatic carbocycles. The molecule has 1 heterocycles. The van der Waals surface area contributed by atoms with Crippen LogP contribution in [0.4, 0.5) is 0 Å². The van der Waals surface area contributed by atoms with Crippen LogP contribution in [-0.2, 0) is 27.8 Å². The number of hydrogen-bond donors (Lipinski definition) is 0. The Morgan fingerprint density at radius 3 is 2.44 bits per heavy atom. The minimum atomic E-state index is -3.73. The first kappa shape index (κ1) is 26.5. The summed E-state index contributed by atoms with van der Waals surface area (Å²) in [6.45, 7) is 1.07. The zero-order valence-electron chi connectivity index (χ0n) is 19.5. The molecular formula is C25H23Cl2N3O4S2. The van der Waals surface area contributed by atoms with Crippen molar-refractivity contribution in [3.05, 3.63) is 92.7 Å². The fraction of sp³-hybridized carbons (Fsp3) is 0.200. The van der Waals surface area contributed by atoms with Crippen molar-refractivity contribution in [2.45, 2.75) is 18.0 Å². The van der Waals surface area contributed by atoms with E-state index in [0.29, 0.717) is 28.0 Å². The van der Waals surface area contributed by atoms with E-state index in [2.05, 4.69) is 4.99 Å². The molecule has 0 spiro atoms. The van der Waals surface area contributed by atoms with Crippen LogP contribution in [0.3, 0.4) is 0 Å². The summed E-state index contributed by atoms with van der Waals surface area (Å²) >= 11 is 13.9. The van der Waals surface area contributed by atoms with Gasteiger partial charge in [-0.3, -0.25) is 4.79 Å². The maximum atomic E-state index is 13.0. The van der Waals surface area contributed by atoms with Gasteiger partial charge in [-0.15, -0.1) is 0 Å². The van der Waals surface area contributed by atoms with Gasteiger partial charge >= 0.3 is 0 Å². The average Bonchev–Trinajstić information content (AvgIpc) is 3.20. The number of hydrogen-bond acceptors (Lipinski definition) is 5. The van der Waals surface area contributed by atoms with E-state index in [0.717, 1.165) is 15.8 Å². The zero-order valence-corrected chi connectivity index (χ0v) is 22.7. The number of nitrogens with zero attached hydrogens (tertiary/aromatic N) is 3. The number of ether oxygens (including phenoxy) is 1. The third-order valence-corrected chi connectivity index (χ3v) is 8.82. The third-order valence-electron chi connectivity index (χ3n) is 5.47. The summed E-state index contributed by atoms with van der Waals surface area (Å²) in [4.78, 5) is 17.8. The van der Waals surface area contributed by atoms with Crippen molar-refractivity contribution >= 4 is 60.7 Å². The number of thiazole rings is 1. The largest absolute Gasteiger partial charge is 0.383 e. The Hall–Kier alpha value is -2.53. The van der Waals surface area contributed by atoms with Gasteiger partial charge in [0.25, 0.3) is 5.91 Å². The van der Waals surface area contributed by atoms with Crippen molar-refractivity contribution in [1.82, 2.24) is 8.87 Å². The van der Waals surface area contributed by atoms with Crippen LogP contribution in [0, 0.1) is 0 Å². The molecule has 0 saturated heterocycles. The summed E-state index contributed by atoms with van der Waals surface area (Å²) in [7, 11) is -0.625. The highest BCUT2D eigenvalue weighted by atomic mass is 35.5. The van der Waals surface area contributed by atoms with Crippen molar-refractivity contribution in [3.63, 3.8) is 0 Å². The van der Waals surface area contributed by atoms with Gasteiger partial charge < -0.3 is 9.30 Å². The van der Waals surface area contributed by atoms with Gasteiger partial charge in [-0.2, -0.15) is 9.30 Å². The van der Waals surface area contributed by atoms with Crippen LogP contribution in [0.15, 0.2) is 76.6 Å². The topological polar surface area (TPSA) is 81.0 Å². The van der Waals surface area contributed by atoms with Crippen LogP contribution in [0.5, 0.6) is 0 Å². The molecule has 0 bridgehead atoms. The van der Waals surface area contributed by atoms with E-state index in [4.69, 9.17) is 27.9 Å². The SMILES string of the molecule is COCCn1c(=NC(=O)c2ccc(S(=O)(=O)N(C)Cc3ccccc3)cc2)sc2cc(Cl)cc(Cl)c21. The second-order valence-corrected chi connectivity index (χ2v) is 11.8. The molecule has 1 aromatic heterocycles. The summed E-state index contributed by atoms with van der Waals surface area (Å²) < 4.78 is 35.1. The van der Waals surface area contributed by atoms with Gasteiger partial charge in [0.2, 0.25) is 10.0 Å². The average molecular weight is 565 g/mol. The Kier molecular flexibility index (Phi) is 8.29. The van der Waals surface area contributed by atoms with Crippen molar-refractivity contribution in [2.24, 2.45) is 4.99 Å². The van der Waals surface area contributed by atoms with Gasteiger partial charge in [0.15, 0.2) is 4.80 Å². The third kappa shape index (κ3) is 5.72. The highest BCUT2D eigenvalue weighted by Crippen LogP contribution is 2.29. The second-order valence-electron chi connectivity index (χ2n) is 7.95. The van der Waals surface area contributed by atoms with E-state index in [9.17, 15) is 13.2 Å². The molecule has 4 rings (SSSR count). The van der Waals surface area contributed by atoms with E-state index >= 15 is 0 Å². The molecule has 188 valence electrons. The minimum absolute atomic E-state index is 0.0934. The molecule has 1 amide bonds. The first-order chi connectivity index (χ1) is 17.2. The first-order valence-electron chi connectivity index (χ1n) is 10.9. The molecule has 0 unspecified atom stereocenters. The van der Waals surface area contributed by atoms with Crippen LogP contribution >= 0.6 is 34.5 Å². The highest BCUT2D eigenvalue weighted by Gasteiger charge is 2.21. The molecular weight excluding hydrogens is 541 g/mol. The fourth-order valence-electron chi connectivity index (χ4n) is 3.63. The molecule has 0 aliphatic carbocycles. The second kappa shape index (κ2) is 11.2. The van der Waals surface area contributed by atoms with Crippen molar-refractivity contribution in [1.29, 1.82) is 0 Å². The maximum Gasteiger partial charge on any atom is 0.279 e. The number of rotatable bonds is 8. The quantitative estimate of drug-likeness (QED) is 0.294. The van der Waals surface area contributed by atoms with Crippen LogP contribution in [-0.4, -0.2) is 44.0 Å². The Balaban J connectivity index is 1.63. The number of fused-ring (bicyclic) bond motifs is 1. The molecule has 36 heavy (non-hydrogen) atoms. The van der Waals surface area contributed by atoms with E-state index in [1.807, 2.05) is 34.9 Å². The lowest BCUT2D eigenvalue weighted by Gasteiger charge is -2.17. The molecule has 11 heteroatoms. The van der Waals surface area contributed by atoms with Crippen molar-refractivity contribution in [2.75, 3.05) is 20.8 Å². The molecule has 7 nitrogen and oxygen atoms in total. The molecule has 0 aliphatic rings. The molecule has 0 fully saturated rings. The van der Waals surface area contributed by atoms with Gasteiger partial charge in [-0.25, -0.2) is 8.42 Å². The number of amides is 1. The van der Waals surface area contributed by atoms with Gasteiger partial charge in [0.1, 0.15) is 0 Å². The van der Waals surface area contributed by atoms with E-state index < -0.39 is 15.9 Å². The summed E-state index contributed by atoms with van der Waals surface area (Å²) in [5, 5.41) is 0.937. The zero-order chi connectivity index (χ0) is 25.9. The van der Waals surface area contributed by atoms with Gasteiger partial charge in [-0.05, 0) is 42.0 Å². The summed E-state index contributed by atoms with van der Waals surface area (Å²) in [6, 6.07) is 18.5. The number of carbonyl (C=O) groups is 1. The Morgan fingerprint density at radius 1 is 1.08 bits per heavy atom. The van der Waals surface area contributed by atoms with Crippen molar-refractivity contribution < 1.29 is 17.9 Å². The summed E-state index contributed by atoms with van der Waals surface area (Å²) in [5.41, 5.74) is 1.86. The lowest BCUT2D eigenvalue weighted by atomic mass is 10.2. The predicted molar refractivity (Wildman–Crippen MR) is 143 cm³/mol. The Labute approximate surface area is 223 Å². The molecule has 0 radical (unpaired) electrons. The highest BCUT2D eigenvalue weighted by molar-refractivity contribution is 7.89. The number of carbonyl (C=O) groups excluding carboxylic acids is 1. The lowest BCUT2D eigenvalue weighted by Crippen LogP contribution is -2.26. The molecule has 0 aliphatic heterocycles. The van der Waals surface area contributed by atoms with Crippen LogP contribution < -0.4 is 4.80 Å². The maximum absolute atomic E-state index is 13.0. The van der Waals surface area contributed by atoms with E-state index in [-0.39, 0.29) is 17.0 Å². The summed E-state index contributed by atoms with van der Waals surface area (Å²) in [6.07, 6.45) is 0. The summed E-state index contributed by atoms with van der Waals surface area (Å²) in [5.74, 6) is -0.503. The normalized spacial score (nSPS) is 12.5. The van der Waals surface area contributed by atoms with E-state index in [1.54, 1.807) is 19.2 Å². The standard InChI is InChI=1S/C25H23Cl2N3O4S2/c1-29(16-17-6-4-3-5-7-17)36(32,33)20-10-8-18(9-11-20)24(31)28-25-30(12-13-34-2)23-21(27)14-19(26)15-22(23)35-25/h3-11,14-15H,12-13,16H2,1-2H3. The molecule has 4 aromatic rings. The van der Waals surface area contributed by atoms with Crippen LogP contribution in [0.1, 0.15) is 15.9 Å². The first-order valence-corrected chi connectivity index (χ1v) is 13.9. The Bertz CT molecular complexity index is 1560. The lowest BCUT2D eigenvalue weighted by molar-refractivity contribution is 0.0997. The number of methoxy groups -OCH3 is 1. The van der Waals surface area contributed by atoms with Crippen LogP contribution in [0.25, 0.3) is 10.2 Å². The predicted octanol–water partition coefficient (Wildman–Crippen LogP) is 5.22. The van der Waals surface area contributed by atoms with Gasteiger partial charge in [0.05, 0.1) is 26.7 Å². The molecule has 0 saturated carbocycles. The van der Waals surface area contributed by atoms with Gasteiger partial charge in [-0.1, -0.05) is 64.9 Å². The number of benzene rings is 3. The fourth-order valence-corrected chi connectivity index (χ4v) is 6.63. The number of sulfonamides is 1. The molecule has 0 atom stereocenters. The minimum Gasteiger partial charge on any atom is -0.383 e. The number of aromatic nitrogens is 1. The van der Waals surface area contributed by atoms with E-state index in [1.165, 1.54) is 47.0 Å². The van der Waals surface area contributed by atoms with Crippen LogP contribution in [0.2, 0.25) is 10.0 Å². The Morgan fingerprint density at radius 2 is 1.78 bits per heavy atom. The number of halogens is 2. The van der Waals surface area contributed by atoms with Crippen molar-refractivity contribution in [3.8, 4) is 0 Å². The monoisotopic (exact) mass is 563 g/mol. The van der Waals surface area contributed by atoms with Gasteiger partial charge in [0, 0.05) is 37.8 Å². The molecule has 0 N–H and O–H groups in total. The smallest absolute Gasteiger partial charge is 0.279 e.